The molecule has 0 bridgehead atoms. The molecule has 128 valence electrons. The van der Waals surface area contributed by atoms with Gasteiger partial charge in [-0.1, -0.05) is 24.3 Å². The van der Waals surface area contributed by atoms with Crippen LogP contribution in [0.4, 0.5) is 0 Å². The van der Waals surface area contributed by atoms with Crippen molar-refractivity contribution in [2.45, 2.75) is 12.2 Å². The Hall–Kier alpha value is -1.74. The third kappa shape index (κ3) is 2.98. The molecule has 0 radical (unpaired) electrons. The molecule has 0 saturated carbocycles. The highest BCUT2D eigenvalue weighted by molar-refractivity contribution is 7.89. The number of carbonyl (C=O) groups is 1. The Balaban J connectivity index is 2.02. The molecule has 2 atom stereocenters. The van der Waals surface area contributed by atoms with Gasteiger partial charge in [-0.15, -0.1) is 17.9 Å². The number of hydrogen-bond acceptors (Lipinski definition) is 5. The fourth-order valence-corrected chi connectivity index (χ4v) is 5.31. The van der Waals surface area contributed by atoms with Crippen molar-refractivity contribution in [3.05, 3.63) is 47.9 Å². The SMILES string of the molecule is C=CCS(=O)(=O)N1CC(N)N(C=O)C(c2csc3ccccc23)C1. The minimum Gasteiger partial charge on any atom is -0.320 e. The predicted molar refractivity (Wildman–Crippen MR) is 96.0 cm³/mol. The predicted octanol–water partition coefficient (Wildman–Crippen LogP) is 1.52. The second-order valence-corrected chi connectivity index (χ2v) is 8.63. The number of amides is 1. The van der Waals surface area contributed by atoms with Crippen LogP contribution >= 0.6 is 11.3 Å². The molecule has 3 rings (SSSR count). The zero-order chi connectivity index (χ0) is 17.3. The van der Waals surface area contributed by atoms with Crippen LogP contribution in [0.1, 0.15) is 11.6 Å². The smallest absolute Gasteiger partial charge is 0.217 e. The lowest BCUT2D eigenvalue weighted by atomic mass is 10.0. The summed E-state index contributed by atoms with van der Waals surface area (Å²) in [4.78, 5) is 13.1. The fraction of sp³-hybridized carbons (Fsp3) is 0.312. The van der Waals surface area contributed by atoms with Gasteiger partial charge in [-0.2, -0.15) is 4.31 Å². The number of nitrogens with two attached hydrogens (primary N) is 1. The van der Waals surface area contributed by atoms with Crippen LogP contribution in [0.2, 0.25) is 0 Å². The number of thiophene rings is 1. The third-order valence-corrected chi connectivity index (χ3v) is 6.95. The fourth-order valence-electron chi connectivity index (χ4n) is 3.04. The molecule has 6 nitrogen and oxygen atoms in total. The Morgan fingerprint density at radius 1 is 1.33 bits per heavy atom. The molecule has 1 fully saturated rings. The van der Waals surface area contributed by atoms with Gasteiger partial charge in [-0.25, -0.2) is 8.42 Å². The Morgan fingerprint density at radius 3 is 2.79 bits per heavy atom. The monoisotopic (exact) mass is 365 g/mol. The number of carbonyl (C=O) groups excluding carboxylic acids is 1. The van der Waals surface area contributed by atoms with Gasteiger partial charge in [0, 0.05) is 17.8 Å². The van der Waals surface area contributed by atoms with Crippen molar-refractivity contribution in [1.29, 1.82) is 0 Å². The van der Waals surface area contributed by atoms with E-state index < -0.39 is 22.2 Å². The summed E-state index contributed by atoms with van der Waals surface area (Å²) < 4.78 is 27.3. The van der Waals surface area contributed by atoms with Gasteiger partial charge in [0.2, 0.25) is 16.4 Å². The Kier molecular flexibility index (Phi) is 4.73. The lowest BCUT2D eigenvalue weighted by Crippen LogP contribution is -2.59. The maximum absolute atomic E-state index is 12.4. The Labute approximate surface area is 145 Å². The van der Waals surface area contributed by atoms with E-state index >= 15 is 0 Å². The lowest BCUT2D eigenvalue weighted by Gasteiger charge is -2.42. The van der Waals surface area contributed by atoms with Crippen molar-refractivity contribution in [2.24, 2.45) is 5.73 Å². The average molecular weight is 365 g/mol. The van der Waals surface area contributed by atoms with Crippen LogP contribution in [-0.2, 0) is 14.8 Å². The summed E-state index contributed by atoms with van der Waals surface area (Å²) in [5.41, 5.74) is 7.01. The van der Waals surface area contributed by atoms with Crippen LogP contribution in [0.15, 0.2) is 42.3 Å². The number of nitrogens with zero attached hydrogens (tertiary/aromatic N) is 2. The summed E-state index contributed by atoms with van der Waals surface area (Å²) in [6.45, 7) is 3.79. The normalized spacial score (nSPS) is 22.6. The first kappa shape index (κ1) is 17.1. The molecule has 1 aromatic carbocycles. The second-order valence-electron chi connectivity index (χ2n) is 5.71. The highest BCUT2D eigenvalue weighted by atomic mass is 32.2. The molecular weight excluding hydrogens is 346 g/mol. The first-order valence-corrected chi connectivity index (χ1v) is 10.00. The van der Waals surface area contributed by atoms with Crippen LogP contribution in [0.25, 0.3) is 10.1 Å². The topological polar surface area (TPSA) is 83.7 Å². The van der Waals surface area contributed by atoms with Crippen LogP contribution in [-0.4, -0.2) is 49.0 Å². The van der Waals surface area contributed by atoms with Crippen molar-refractivity contribution >= 4 is 37.9 Å². The molecular formula is C16H19N3O3S2. The molecule has 1 aromatic heterocycles. The van der Waals surface area contributed by atoms with Gasteiger partial charge in [0.1, 0.15) is 0 Å². The molecule has 8 heteroatoms. The molecule has 2 N–H and O–H groups in total. The zero-order valence-corrected chi connectivity index (χ0v) is 14.7. The molecule has 24 heavy (non-hydrogen) atoms. The van der Waals surface area contributed by atoms with E-state index in [1.54, 1.807) is 11.3 Å². The van der Waals surface area contributed by atoms with Gasteiger partial charge < -0.3 is 10.6 Å². The van der Waals surface area contributed by atoms with Crippen LogP contribution in [0.5, 0.6) is 0 Å². The van der Waals surface area contributed by atoms with E-state index in [9.17, 15) is 13.2 Å². The van der Waals surface area contributed by atoms with E-state index in [2.05, 4.69) is 6.58 Å². The van der Waals surface area contributed by atoms with Gasteiger partial charge in [-0.3, -0.25) is 4.79 Å². The van der Waals surface area contributed by atoms with E-state index in [0.717, 1.165) is 15.6 Å². The first-order chi connectivity index (χ1) is 11.5. The summed E-state index contributed by atoms with van der Waals surface area (Å²) in [5, 5.41) is 3.00. The molecule has 1 aliphatic heterocycles. The average Bonchev–Trinajstić information content (AvgIpc) is 2.98. The summed E-state index contributed by atoms with van der Waals surface area (Å²) in [7, 11) is -3.48. The molecule has 0 spiro atoms. The summed E-state index contributed by atoms with van der Waals surface area (Å²) >= 11 is 1.57. The number of fused-ring (bicyclic) bond motifs is 1. The quantitative estimate of drug-likeness (QED) is 0.643. The molecule has 1 saturated heterocycles. The molecule has 0 aliphatic carbocycles. The first-order valence-electron chi connectivity index (χ1n) is 7.51. The van der Waals surface area contributed by atoms with E-state index in [1.165, 1.54) is 15.3 Å². The molecule has 2 aromatic rings. The number of sulfonamides is 1. The summed E-state index contributed by atoms with van der Waals surface area (Å²) in [5.74, 6) is -0.141. The largest absolute Gasteiger partial charge is 0.320 e. The Bertz CT molecular complexity index is 862. The number of piperazine rings is 1. The van der Waals surface area contributed by atoms with E-state index in [0.29, 0.717) is 6.41 Å². The third-order valence-electron chi connectivity index (χ3n) is 4.22. The van der Waals surface area contributed by atoms with E-state index in [-0.39, 0.29) is 18.8 Å². The summed E-state index contributed by atoms with van der Waals surface area (Å²) in [6, 6.07) is 7.46. The van der Waals surface area contributed by atoms with Crippen LogP contribution in [0.3, 0.4) is 0 Å². The van der Waals surface area contributed by atoms with Gasteiger partial charge in [0.05, 0.1) is 18.0 Å². The van der Waals surface area contributed by atoms with Gasteiger partial charge >= 0.3 is 0 Å². The zero-order valence-electron chi connectivity index (χ0n) is 13.0. The van der Waals surface area contributed by atoms with Gasteiger partial charge in [0.25, 0.3) is 0 Å². The lowest BCUT2D eigenvalue weighted by molar-refractivity contribution is -0.125. The molecule has 1 aliphatic rings. The highest BCUT2D eigenvalue weighted by Crippen LogP contribution is 2.35. The number of benzene rings is 1. The van der Waals surface area contributed by atoms with Crippen molar-refractivity contribution in [1.82, 2.24) is 9.21 Å². The van der Waals surface area contributed by atoms with Crippen molar-refractivity contribution in [2.75, 3.05) is 18.8 Å². The van der Waals surface area contributed by atoms with Crippen LogP contribution in [0, 0.1) is 0 Å². The number of rotatable bonds is 5. The van der Waals surface area contributed by atoms with E-state index in [4.69, 9.17) is 5.73 Å². The van der Waals surface area contributed by atoms with Gasteiger partial charge in [0.15, 0.2) is 0 Å². The second kappa shape index (κ2) is 6.64. The molecule has 2 heterocycles. The maximum atomic E-state index is 12.4. The minimum absolute atomic E-state index is 0.0908. The minimum atomic E-state index is -3.48. The molecule has 2 unspecified atom stereocenters. The molecule has 1 amide bonds. The van der Waals surface area contributed by atoms with E-state index in [1.807, 2.05) is 29.6 Å². The van der Waals surface area contributed by atoms with Crippen molar-refractivity contribution in [3.63, 3.8) is 0 Å². The van der Waals surface area contributed by atoms with Gasteiger partial charge in [-0.05, 0) is 22.4 Å². The van der Waals surface area contributed by atoms with Crippen molar-refractivity contribution in [3.8, 4) is 0 Å². The number of hydrogen-bond donors (Lipinski definition) is 1. The highest BCUT2D eigenvalue weighted by Gasteiger charge is 2.38. The Morgan fingerprint density at radius 2 is 2.08 bits per heavy atom. The van der Waals surface area contributed by atoms with Crippen molar-refractivity contribution < 1.29 is 13.2 Å². The van der Waals surface area contributed by atoms with Crippen LogP contribution < -0.4 is 5.73 Å². The maximum Gasteiger partial charge on any atom is 0.217 e. The standard InChI is InChI=1S/C16H19N3O3S2/c1-2-7-24(21,22)18-8-14(19(11-20)16(17)9-18)13-10-23-15-6-4-3-5-12(13)15/h2-6,10-11,14,16H,1,7-9,17H2. The summed E-state index contributed by atoms with van der Waals surface area (Å²) in [6.07, 6.45) is 1.39.